The second kappa shape index (κ2) is 13.9. The van der Waals surface area contributed by atoms with Gasteiger partial charge >= 0.3 is 0 Å². The number of aromatic nitrogens is 3. The fraction of sp³-hybridized carbons (Fsp3) is 0.303. The van der Waals surface area contributed by atoms with Crippen molar-refractivity contribution < 1.29 is 23.8 Å². The van der Waals surface area contributed by atoms with E-state index in [0.717, 1.165) is 22.3 Å². The number of anilines is 2. The van der Waals surface area contributed by atoms with Gasteiger partial charge in [0.1, 0.15) is 6.33 Å². The lowest BCUT2D eigenvalue weighted by atomic mass is 9.95. The summed E-state index contributed by atoms with van der Waals surface area (Å²) in [6.07, 6.45) is 3.35. The summed E-state index contributed by atoms with van der Waals surface area (Å²) in [7, 11) is 4.67. The predicted octanol–water partition coefficient (Wildman–Crippen LogP) is 4.48. The number of carbonyl (C=O) groups is 2. The highest BCUT2D eigenvalue weighted by Crippen LogP contribution is 2.50. The minimum Gasteiger partial charge on any atom is -0.493 e. The molecule has 1 atom stereocenters. The molecule has 1 heterocycles. The summed E-state index contributed by atoms with van der Waals surface area (Å²) >= 11 is 0. The number of hydrogen-bond donors (Lipinski definition) is 4. The van der Waals surface area contributed by atoms with Gasteiger partial charge in [0.2, 0.25) is 23.0 Å². The number of fused-ring (bicyclic) bond motifs is 3. The van der Waals surface area contributed by atoms with Crippen LogP contribution in [-0.2, 0) is 16.0 Å². The van der Waals surface area contributed by atoms with Crippen molar-refractivity contribution in [2.75, 3.05) is 38.5 Å². The third kappa shape index (κ3) is 6.90. The van der Waals surface area contributed by atoms with Crippen molar-refractivity contribution in [2.45, 2.75) is 38.6 Å². The quantitative estimate of drug-likeness (QED) is 0.179. The highest BCUT2D eigenvalue weighted by molar-refractivity contribution is 5.91. The van der Waals surface area contributed by atoms with Crippen LogP contribution in [0.1, 0.15) is 43.4 Å². The van der Waals surface area contributed by atoms with Gasteiger partial charge in [0.25, 0.3) is 0 Å². The van der Waals surface area contributed by atoms with E-state index in [-0.39, 0.29) is 23.7 Å². The summed E-state index contributed by atoms with van der Waals surface area (Å²) in [5.74, 6) is 1.73. The summed E-state index contributed by atoms with van der Waals surface area (Å²) in [5, 5.41) is 15.8. The number of H-pyrrole nitrogens is 1. The lowest BCUT2D eigenvalue weighted by Crippen LogP contribution is -2.26. The van der Waals surface area contributed by atoms with Crippen molar-refractivity contribution in [2.24, 2.45) is 0 Å². The lowest BCUT2D eigenvalue weighted by Gasteiger charge is -2.19. The molecule has 1 unspecified atom stereocenters. The second-order valence-corrected chi connectivity index (χ2v) is 10.6. The van der Waals surface area contributed by atoms with Crippen LogP contribution in [0.4, 0.5) is 11.4 Å². The van der Waals surface area contributed by atoms with E-state index in [9.17, 15) is 14.4 Å². The Morgan fingerprint density at radius 1 is 1.02 bits per heavy atom. The molecule has 1 aliphatic rings. The fourth-order valence-corrected chi connectivity index (χ4v) is 5.64. The van der Waals surface area contributed by atoms with Crippen molar-refractivity contribution in [1.82, 2.24) is 20.5 Å². The number of nitrogens with one attached hydrogen (secondary N) is 4. The zero-order chi connectivity index (χ0) is 31.9. The maximum atomic E-state index is 13.5. The zero-order valence-corrected chi connectivity index (χ0v) is 25.7. The van der Waals surface area contributed by atoms with E-state index >= 15 is 0 Å². The molecular weight excluding hydrogens is 576 g/mol. The van der Waals surface area contributed by atoms with Gasteiger partial charge in [-0.25, -0.2) is 4.98 Å². The molecule has 4 N–H and O–H groups in total. The molecule has 1 aliphatic carbocycles. The third-order valence-corrected chi connectivity index (χ3v) is 7.65. The summed E-state index contributed by atoms with van der Waals surface area (Å²) in [6, 6.07) is 14.0. The number of benzene rings is 2. The summed E-state index contributed by atoms with van der Waals surface area (Å²) < 4.78 is 17.1. The van der Waals surface area contributed by atoms with Gasteiger partial charge in [-0.15, -0.1) is 0 Å². The van der Waals surface area contributed by atoms with Crippen molar-refractivity contribution in [3.63, 3.8) is 0 Å². The van der Waals surface area contributed by atoms with E-state index in [2.05, 4.69) is 31.1 Å². The van der Waals surface area contributed by atoms with Crippen LogP contribution in [0.25, 0.3) is 22.5 Å². The van der Waals surface area contributed by atoms with Crippen molar-refractivity contribution in [3.05, 3.63) is 76.2 Å². The zero-order valence-electron chi connectivity index (χ0n) is 25.7. The third-order valence-electron chi connectivity index (χ3n) is 7.65. The molecule has 2 amide bonds. The van der Waals surface area contributed by atoms with Gasteiger partial charge in [-0.2, -0.15) is 5.10 Å². The standard InChI is InChI=1S/C33H36N6O6/c1-19(40)37-25-12-10-20-16-28(43-2)31(44-3)32(45-4)30(20)23-11-13-26(27(41)17-24(23)25)34-14-6-9-29(42)38-22-8-5-7-21(15-22)33-35-18-36-39-33/h5,7-8,11,13,15-18,25H,6,9-10,12,14H2,1-4H3,(H,34,41)(H,37,40)(H,38,42)(H,35,36,39). The Balaban J connectivity index is 1.36. The monoisotopic (exact) mass is 612 g/mol. The molecule has 0 radical (unpaired) electrons. The second-order valence-electron chi connectivity index (χ2n) is 10.6. The molecule has 0 spiro atoms. The van der Waals surface area contributed by atoms with Crippen LogP contribution in [0.5, 0.6) is 17.2 Å². The topological polar surface area (TPSA) is 157 Å². The Morgan fingerprint density at radius 2 is 1.84 bits per heavy atom. The number of aromatic amines is 1. The highest BCUT2D eigenvalue weighted by atomic mass is 16.5. The number of ether oxygens (including phenoxy) is 3. The van der Waals surface area contributed by atoms with E-state index in [4.69, 9.17) is 14.2 Å². The van der Waals surface area contributed by atoms with Crippen LogP contribution in [0.15, 0.2) is 59.7 Å². The SMILES string of the molecule is COc1cc2c(c(OC)c1OC)-c1ccc(NCCCC(=O)Nc3cccc(-c4ncn[nH]4)c3)c(=O)cc1C(NC(C)=O)CC2. The number of rotatable bonds is 11. The minimum absolute atomic E-state index is 0.148. The smallest absolute Gasteiger partial charge is 0.224 e. The first kappa shape index (κ1) is 31.0. The maximum absolute atomic E-state index is 13.5. The van der Waals surface area contributed by atoms with Crippen LogP contribution in [0, 0.1) is 0 Å². The Hall–Kier alpha value is -5.39. The minimum atomic E-state index is -0.397. The van der Waals surface area contributed by atoms with Gasteiger partial charge in [-0.05, 0) is 66.3 Å². The van der Waals surface area contributed by atoms with E-state index in [1.165, 1.54) is 13.3 Å². The highest BCUT2D eigenvalue weighted by Gasteiger charge is 2.29. The average Bonchev–Trinajstić information content (AvgIpc) is 3.48. The lowest BCUT2D eigenvalue weighted by molar-refractivity contribution is -0.119. The van der Waals surface area contributed by atoms with Crippen molar-refractivity contribution in [3.8, 4) is 39.8 Å². The van der Waals surface area contributed by atoms with Gasteiger partial charge in [0, 0.05) is 36.7 Å². The normalized spacial score (nSPS) is 13.5. The summed E-state index contributed by atoms with van der Waals surface area (Å²) in [5.41, 5.74) is 4.76. The first-order valence-electron chi connectivity index (χ1n) is 14.6. The van der Waals surface area contributed by atoms with Gasteiger partial charge in [0.05, 0.1) is 33.1 Å². The average molecular weight is 613 g/mol. The summed E-state index contributed by atoms with van der Waals surface area (Å²) in [6.45, 7) is 1.86. The number of amides is 2. The molecule has 234 valence electrons. The molecule has 5 rings (SSSR count). The molecule has 12 nitrogen and oxygen atoms in total. The van der Waals surface area contributed by atoms with Crippen LogP contribution in [0.2, 0.25) is 0 Å². The van der Waals surface area contributed by atoms with Crippen molar-refractivity contribution >= 4 is 23.2 Å². The number of methoxy groups -OCH3 is 3. The molecule has 0 saturated heterocycles. The van der Waals surface area contributed by atoms with Crippen LogP contribution in [-0.4, -0.2) is 54.9 Å². The van der Waals surface area contributed by atoms with E-state index < -0.39 is 6.04 Å². The molecule has 45 heavy (non-hydrogen) atoms. The molecule has 3 aromatic carbocycles. The Labute approximate surface area is 260 Å². The molecule has 12 heteroatoms. The van der Waals surface area contributed by atoms with Gasteiger partial charge < -0.3 is 30.2 Å². The Bertz CT molecular complexity index is 1760. The number of carbonyl (C=O) groups excluding carboxylic acids is 2. The fourth-order valence-electron chi connectivity index (χ4n) is 5.64. The largest absolute Gasteiger partial charge is 0.493 e. The molecule has 0 bridgehead atoms. The molecule has 1 aromatic heterocycles. The van der Waals surface area contributed by atoms with Crippen LogP contribution in [0.3, 0.4) is 0 Å². The number of hydrogen-bond acceptors (Lipinski definition) is 9. The first-order valence-corrected chi connectivity index (χ1v) is 14.6. The Morgan fingerprint density at radius 3 is 2.56 bits per heavy atom. The van der Waals surface area contributed by atoms with Gasteiger partial charge in [0.15, 0.2) is 17.3 Å². The van der Waals surface area contributed by atoms with E-state index in [0.29, 0.717) is 65.8 Å². The molecule has 0 fully saturated rings. The van der Waals surface area contributed by atoms with Gasteiger partial charge in [-0.3, -0.25) is 19.5 Å². The molecule has 0 saturated carbocycles. The molecule has 4 aromatic rings. The predicted molar refractivity (Wildman–Crippen MR) is 171 cm³/mol. The van der Waals surface area contributed by atoms with Crippen molar-refractivity contribution in [1.29, 1.82) is 0 Å². The Kier molecular flexibility index (Phi) is 9.61. The van der Waals surface area contributed by atoms with E-state index in [1.54, 1.807) is 39.5 Å². The number of aryl methyl sites for hydroxylation is 1. The first-order chi connectivity index (χ1) is 21.8. The number of nitrogens with zero attached hydrogens (tertiary/aromatic N) is 2. The van der Waals surface area contributed by atoms with Gasteiger partial charge in [-0.1, -0.05) is 18.2 Å². The molecule has 0 aliphatic heterocycles. The molecular formula is C33H36N6O6. The maximum Gasteiger partial charge on any atom is 0.224 e. The van der Waals surface area contributed by atoms with E-state index in [1.807, 2.05) is 30.3 Å². The van der Waals surface area contributed by atoms with Crippen LogP contribution >= 0.6 is 0 Å². The van der Waals surface area contributed by atoms with Crippen LogP contribution < -0.4 is 35.6 Å². The summed E-state index contributed by atoms with van der Waals surface area (Å²) in [4.78, 5) is 42.4.